The average Bonchev–Trinajstić information content (AvgIpc) is 2.15. The summed E-state index contributed by atoms with van der Waals surface area (Å²) in [5.41, 5.74) is -0.00375. The van der Waals surface area contributed by atoms with E-state index < -0.39 is 5.82 Å². The van der Waals surface area contributed by atoms with Gasteiger partial charge in [0.05, 0.1) is 12.2 Å². The number of halogens is 1. The normalized spacial score (nSPS) is 9.69. The highest BCUT2D eigenvalue weighted by atomic mass is 19.1. The van der Waals surface area contributed by atoms with Gasteiger partial charge in [0.2, 0.25) is 0 Å². The van der Waals surface area contributed by atoms with E-state index in [0.29, 0.717) is 18.6 Å². The van der Waals surface area contributed by atoms with Crippen molar-refractivity contribution < 1.29 is 13.9 Å². The molecule has 3 heteroatoms. The summed E-state index contributed by atoms with van der Waals surface area (Å²) in [7, 11) is 0. The first kappa shape index (κ1) is 9.71. The van der Waals surface area contributed by atoms with Gasteiger partial charge in [0.1, 0.15) is 11.6 Å². The van der Waals surface area contributed by atoms with Crippen LogP contribution in [0.5, 0.6) is 5.75 Å². The van der Waals surface area contributed by atoms with Crippen LogP contribution in [-0.2, 0) is 0 Å². The molecule has 0 fully saturated rings. The molecule has 1 aromatic carbocycles. The Balaban J connectivity index is 2.91. The van der Waals surface area contributed by atoms with Gasteiger partial charge in [-0.1, -0.05) is 13.0 Å². The van der Waals surface area contributed by atoms with Gasteiger partial charge in [-0.2, -0.15) is 0 Å². The summed E-state index contributed by atoms with van der Waals surface area (Å²) in [4.78, 5) is 10.5. The summed E-state index contributed by atoms with van der Waals surface area (Å²) < 4.78 is 18.2. The van der Waals surface area contributed by atoms with E-state index in [4.69, 9.17) is 4.74 Å². The van der Waals surface area contributed by atoms with Gasteiger partial charge in [0, 0.05) is 0 Å². The van der Waals surface area contributed by atoms with Crippen molar-refractivity contribution in [1.29, 1.82) is 0 Å². The predicted molar refractivity (Wildman–Crippen MR) is 47.6 cm³/mol. The van der Waals surface area contributed by atoms with E-state index in [0.717, 1.165) is 6.42 Å². The molecule has 13 heavy (non-hydrogen) atoms. The quantitative estimate of drug-likeness (QED) is 0.668. The minimum Gasteiger partial charge on any atom is -0.493 e. The lowest BCUT2D eigenvalue weighted by atomic mass is 10.2. The number of benzene rings is 1. The predicted octanol–water partition coefficient (Wildman–Crippen LogP) is 2.43. The van der Waals surface area contributed by atoms with E-state index >= 15 is 0 Å². The van der Waals surface area contributed by atoms with Crippen molar-refractivity contribution in [2.75, 3.05) is 6.61 Å². The zero-order chi connectivity index (χ0) is 9.68. The SMILES string of the molecule is CCCOc1cccc(F)c1C=O. The van der Waals surface area contributed by atoms with Crippen LogP contribution in [0.4, 0.5) is 4.39 Å². The Morgan fingerprint density at radius 2 is 2.31 bits per heavy atom. The van der Waals surface area contributed by atoms with Crippen molar-refractivity contribution in [3.63, 3.8) is 0 Å². The molecule has 0 amide bonds. The molecule has 0 aliphatic carbocycles. The molecule has 1 rings (SSSR count). The number of hydrogen-bond donors (Lipinski definition) is 0. The van der Waals surface area contributed by atoms with E-state index in [9.17, 15) is 9.18 Å². The van der Waals surface area contributed by atoms with E-state index in [1.807, 2.05) is 6.92 Å². The topological polar surface area (TPSA) is 26.3 Å². The Morgan fingerprint density at radius 3 is 2.92 bits per heavy atom. The van der Waals surface area contributed by atoms with Crippen LogP contribution in [0.1, 0.15) is 23.7 Å². The molecule has 0 unspecified atom stereocenters. The second-order valence-corrected chi connectivity index (χ2v) is 2.62. The lowest BCUT2D eigenvalue weighted by Gasteiger charge is -2.06. The van der Waals surface area contributed by atoms with Crippen molar-refractivity contribution in [2.24, 2.45) is 0 Å². The molecular weight excluding hydrogens is 171 g/mol. The van der Waals surface area contributed by atoms with Gasteiger partial charge < -0.3 is 4.74 Å². The number of rotatable bonds is 4. The van der Waals surface area contributed by atoms with E-state index in [-0.39, 0.29) is 5.56 Å². The van der Waals surface area contributed by atoms with Crippen LogP contribution < -0.4 is 4.74 Å². The summed E-state index contributed by atoms with van der Waals surface area (Å²) in [6.07, 6.45) is 1.30. The molecule has 0 saturated heterocycles. The Bertz CT molecular complexity index is 297. The molecule has 0 spiro atoms. The van der Waals surface area contributed by atoms with Gasteiger partial charge >= 0.3 is 0 Å². The second-order valence-electron chi connectivity index (χ2n) is 2.62. The Morgan fingerprint density at radius 1 is 1.54 bits per heavy atom. The van der Waals surface area contributed by atoms with Gasteiger partial charge in [-0.3, -0.25) is 4.79 Å². The summed E-state index contributed by atoms with van der Waals surface area (Å²) in [5, 5.41) is 0. The van der Waals surface area contributed by atoms with Crippen LogP contribution >= 0.6 is 0 Å². The standard InChI is InChI=1S/C10H11FO2/c1-2-6-13-10-5-3-4-9(11)8(10)7-12/h3-5,7H,2,6H2,1H3. The highest BCUT2D eigenvalue weighted by Crippen LogP contribution is 2.19. The third-order valence-corrected chi connectivity index (χ3v) is 1.59. The Labute approximate surface area is 76.3 Å². The highest BCUT2D eigenvalue weighted by Gasteiger charge is 2.07. The minimum absolute atomic E-state index is 0.00375. The van der Waals surface area contributed by atoms with Crippen LogP contribution in [0.15, 0.2) is 18.2 Å². The highest BCUT2D eigenvalue weighted by molar-refractivity contribution is 5.79. The van der Waals surface area contributed by atoms with Gasteiger partial charge in [0.15, 0.2) is 6.29 Å². The zero-order valence-electron chi connectivity index (χ0n) is 7.42. The molecule has 0 N–H and O–H groups in total. The maximum atomic E-state index is 13.0. The number of hydrogen-bond acceptors (Lipinski definition) is 2. The fourth-order valence-electron chi connectivity index (χ4n) is 0.969. The monoisotopic (exact) mass is 182 g/mol. The summed E-state index contributed by atoms with van der Waals surface area (Å²) in [5.74, 6) is -0.222. The number of carbonyl (C=O) groups is 1. The van der Waals surface area contributed by atoms with E-state index in [1.165, 1.54) is 12.1 Å². The Kier molecular flexibility index (Phi) is 3.43. The molecule has 0 heterocycles. The molecule has 0 radical (unpaired) electrons. The fraction of sp³-hybridized carbons (Fsp3) is 0.300. The van der Waals surface area contributed by atoms with E-state index in [1.54, 1.807) is 6.07 Å². The van der Waals surface area contributed by atoms with Crippen molar-refractivity contribution in [1.82, 2.24) is 0 Å². The minimum atomic E-state index is -0.538. The third-order valence-electron chi connectivity index (χ3n) is 1.59. The molecule has 0 saturated carbocycles. The summed E-state index contributed by atoms with van der Waals surface area (Å²) in [6.45, 7) is 2.43. The van der Waals surface area contributed by atoms with Crippen LogP contribution in [-0.4, -0.2) is 12.9 Å². The number of ether oxygens (including phenoxy) is 1. The molecule has 1 aromatic rings. The second kappa shape index (κ2) is 4.60. The third kappa shape index (κ3) is 2.28. The smallest absolute Gasteiger partial charge is 0.156 e. The molecular formula is C10H11FO2. The maximum Gasteiger partial charge on any atom is 0.156 e. The molecule has 0 aliphatic rings. The molecule has 0 atom stereocenters. The van der Waals surface area contributed by atoms with Gasteiger partial charge in [-0.25, -0.2) is 4.39 Å². The van der Waals surface area contributed by atoms with Crippen molar-refractivity contribution in [3.05, 3.63) is 29.6 Å². The van der Waals surface area contributed by atoms with Gasteiger partial charge in [-0.05, 0) is 18.6 Å². The number of carbonyl (C=O) groups excluding carboxylic acids is 1. The van der Waals surface area contributed by atoms with Crippen molar-refractivity contribution >= 4 is 6.29 Å². The largest absolute Gasteiger partial charge is 0.493 e. The molecule has 0 aliphatic heterocycles. The van der Waals surface area contributed by atoms with Crippen molar-refractivity contribution in [3.8, 4) is 5.75 Å². The van der Waals surface area contributed by atoms with Gasteiger partial charge in [0.25, 0.3) is 0 Å². The van der Waals surface area contributed by atoms with Crippen molar-refractivity contribution in [2.45, 2.75) is 13.3 Å². The molecule has 0 bridgehead atoms. The van der Waals surface area contributed by atoms with Gasteiger partial charge in [-0.15, -0.1) is 0 Å². The fourth-order valence-corrected chi connectivity index (χ4v) is 0.969. The number of aldehydes is 1. The van der Waals surface area contributed by atoms with Crippen LogP contribution in [0.25, 0.3) is 0 Å². The van der Waals surface area contributed by atoms with E-state index in [2.05, 4.69) is 0 Å². The lowest BCUT2D eigenvalue weighted by Crippen LogP contribution is -2.00. The first-order chi connectivity index (χ1) is 6.29. The van der Waals surface area contributed by atoms with Crippen LogP contribution in [0.3, 0.4) is 0 Å². The first-order valence-corrected chi connectivity index (χ1v) is 4.16. The summed E-state index contributed by atoms with van der Waals surface area (Å²) in [6, 6.07) is 4.35. The maximum absolute atomic E-state index is 13.0. The first-order valence-electron chi connectivity index (χ1n) is 4.16. The Hall–Kier alpha value is -1.38. The van der Waals surface area contributed by atoms with Crippen LogP contribution in [0.2, 0.25) is 0 Å². The molecule has 0 aromatic heterocycles. The lowest BCUT2D eigenvalue weighted by molar-refractivity contribution is 0.111. The molecule has 70 valence electrons. The van der Waals surface area contributed by atoms with Crippen LogP contribution in [0, 0.1) is 5.82 Å². The average molecular weight is 182 g/mol. The molecule has 2 nitrogen and oxygen atoms in total. The summed E-state index contributed by atoms with van der Waals surface area (Å²) >= 11 is 0. The zero-order valence-corrected chi connectivity index (χ0v) is 7.42.